The first-order valence-electron chi connectivity index (χ1n) is 7.82. The van der Waals surface area contributed by atoms with Crippen molar-refractivity contribution in [2.75, 3.05) is 11.9 Å². The molecule has 0 saturated carbocycles. The van der Waals surface area contributed by atoms with Gasteiger partial charge in [0.1, 0.15) is 6.04 Å². The fourth-order valence-corrected chi connectivity index (χ4v) is 3.66. The van der Waals surface area contributed by atoms with Crippen molar-refractivity contribution < 1.29 is 23.9 Å². The normalized spacial score (nSPS) is 19.5. The van der Waals surface area contributed by atoms with Crippen molar-refractivity contribution in [3.05, 3.63) is 26.8 Å². The summed E-state index contributed by atoms with van der Waals surface area (Å²) in [5, 5.41) is 4.94. The molecule has 1 aromatic carbocycles. The van der Waals surface area contributed by atoms with E-state index in [1.54, 1.807) is 19.1 Å². The van der Waals surface area contributed by atoms with Crippen LogP contribution in [-0.4, -0.2) is 41.4 Å². The van der Waals surface area contributed by atoms with Gasteiger partial charge in [0, 0.05) is 27.7 Å². The number of fused-ring (bicyclic) bond motifs is 1. The number of imide groups is 1. The molecule has 1 fully saturated rings. The molecule has 0 spiro atoms. The number of anilines is 1. The van der Waals surface area contributed by atoms with E-state index in [0.717, 1.165) is 3.57 Å². The molecule has 3 rings (SSSR count). The van der Waals surface area contributed by atoms with Crippen LogP contribution in [0.1, 0.15) is 35.7 Å². The van der Waals surface area contributed by atoms with Crippen LogP contribution in [0.25, 0.3) is 0 Å². The third-order valence-electron chi connectivity index (χ3n) is 4.17. The molecule has 0 aliphatic carbocycles. The van der Waals surface area contributed by atoms with Crippen molar-refractivity contribution >= 4 is 52.1 Å². The number of ether oxygens (including phenoxy) is 1. The lowest BCUT2D eigenvalue weighted by atomic mass is 10.0. The second-order valence-corrected chi connectivity index (χ2v) is 6.86. The molecule has 1 atom stereocenters. The number of hydrogen-bond acceptors (Lipinski definition) is 5. The highest BCUT2D eigenvalue weighted by Crippen LogP contribution is 2.35. The minimum absolute atomic E-state index is 0.193. The van der Waals surface area contributed by atoms with E-state index >= 15 is 0 Å². The number of rotatable bonds is 3. The highest BCUT2D eigenvalue weighted by atomic mass is 127. The Morgan fingerprint density at radius 3 is 2.84 bits per heavy atom. The quantitative estimate of drug-likeness (QED) is 0.531. The monoisotopic (exact) mass is 457 g/mol. The average Bonchev–Trinajstić information content (AvgIpc) is 2.88. The fourth-order valence-electron chi connectivity index (χ4n) is 3.02. The molecule has 25 heavy (non-hydrogen) atoms. The van der Waals surface area contributed by atoms with Crippen LogP contribution in [0.2, 0.25) is 0 Å². The Balaban J connectivity index is 1.89. The second-order valence-electron chi connectivity index (χ2n) is 5.69. The summed E-state index contributed by atoms with van der Waals surface area (Å²) in [6, 6.07) is 2.72. The van der Waals surface area contributed by atoms with Gasteiger partial charge in [-0.3, -0.25) is 25.0 Å². The third-order valence-corrected chi connectivity index (χ3v) is 5.07. The molecule has 1 aromatic rings. The van der Waals surface area contributed by atoms with E-state index in [1.807, 2.05) is 0 Å². The molecule has 132 valence electrons. The molecule has 0 aromatic heterocycles. The first-order valence-corrected chi connectivity index (χ1v) is 8.90. The predicted molar refractivity (Wildman–Crippen MR) is 95.8 cm³/mol. The molecular formula is C16H16IN3O5. The van der Waals surface area contributed by atoms with Gasteiger partial charge in [-0.15, -0.1) is 0 Å². The number of piperidine rings is 1. The molecular weight excluding hydrogens is 441 g/mol. The summed E-state index contributed by atoms with van der Waals surface area (Å²) in [6.45, 7) is 2.13. The van der Waals surface area contributed by atoms with Crippen LogP contribution in [-0.2, 0) is 20.9 Å². The first-order chi connectivity index (χ1) is 11.9. The number of hydrogen-bond donors (Lipinski definition) is 2. The average molecular weight is 457 g/mol. The minimum Gasteiger partial charge on any atom is -0.450 e. The van der Waals surface area contributed by atoms with E-state index in [4.69, 9.17) is 4.74 Å². The largest absolute Gasteiger partial charge is 0.450 e. The molecule has 9 heteroatoms. The lowest BCUT2D eigenvalue weighted by molar-refractivity contribution is -0.136. The van der Waals surface area contributed by atoms with Gasteiger partial charge in [-0.2, -0.15) is 0 Å². The van der Waals surface area contributed by atoms with E-state index < -0.39 is 18.0 Å². The molecule has 2 aliphatic heterocycles. The van der Waals surface area contributed by atoms with E-state index in [1.165, 1.54) is 4.90 Å². The van der Waals surface area contributed by atoms with Gasteiger partial charge in [0.25, 0.3) is 5.91 Å². The van der Waals surface area contributed by atoms with Crippen LogP contribution >= 0.6 is 22.6 Å². The molecule has 1 saturated heterocycles. The molecule has 2 aliphatic rings. The van der Waals surface area contributed by atoms with Gasteiger partial charge >= 0.3 is 6.09 Å². The molecule has 0 radical (unpaired) electrons. The molecule has 2 N–H and O–H groups in total. The maximum atomic E-state index is 12.7. The molecule has 0 bridgehead atoms. The molecule has 4 amide bonds. The van der Waals surface area contributed by atoms with Gasteiger partial charge in [-0.05, 0) is 48.1 Å². The zero-order valence-electron chi connectivity index (χ0n) is 13.4. The van der Waals surface area contributed by atoms with E-state index in [9.17, 15) is 19.2 Å². The highest BCUT2D eigenvalue weighted by Gasteiger charge is 2.40. The fraction of sp³-hybridized carbons (Fsp3) is 0.375. The van der Waals surface area contributed by atoms with Crippen molar-refractivity contribution in [2.24, 2.45) is 0 Å². The number of nitrogens with one attached hydrogen (secondary N) is 2. The van der Waals surface area contributed by atoms with Crippen molar-refractivity contribution in [1.82, 2.24) is 10.2 Å². The van der Waals surface area contributed by atoms with E-state index in [0.29, 0.717) is 23.2 Å². The number of amides is 4. The maximum Gasteiger partial charge on any atom is 0.411 e. The Bertz CT molecular complexity index is 779. The Morgan fingerprint density at radius 1 is 1.40 bits per heavy atom. The van der Waals surface area contributed by atoms with Gasteiger partial charge in [0.05, 0.1) is 12.3 Å². The van der Waals surface area contributed by atoms with Crippen LogP contribution in [0.4, 0.5) is 10.5 Å². The zero-order chi connectivity index (χ0) is 18.1. The summed E-state index contributed by atoms with van der Waals surface area (Å²) >= 11 is 2.07. The van der Waals surface area contributed by atoms with Crippen LogP contribution in [0.15, 0.2) is 12.1 Å². The van der Waals surface area contributed by atoms with E-state index in [-0.39, 0.29) is 31.4 Å². The number of carbonyl (C=O) groups excluding carboxylic acids is 4. The topological polar surface area (TPSA) is 105 Å². The summed E-state index contributed by atoms with van der Waals surface area (Å²) in [5.41, 5.74) is 1.60. The third kappa shape index (κ3) is 3.32. The lowest BCUT2D eigenvalue weighted by Crippen LogP contribution is -2.52. The maximum absolute atomic E-state index is 12.7. The van der Waals surface area contributed by atoms with Gasteiger partial charge in [-0.1, -0.05) is 0 Å². The Morgan fingerprint density at radius 2 is 2.16 bits per heavy atom. The summed E-state index contributed by atoms with van der Waals surface area (Å²) in [7, 11) is 0. The van der Waals surface area contributed by atoms with Crippen LogP contribution in [0, 0.1) is 3.57 Å². The molecule has 1 unspecified atom stereocenters. The molecule has 8 nitrogen and oxygen atoms in total. The smallest absolute Gasteiger partial charge is 0.411 e. The minimum atomic E-state index is -0.689. The Hall–Kier alpha value is -2.17. The van der Waals surface area contributed by atoms with E-state index in [2.05, 4.69) is 33.2 Å². The zero-order valence-corrected chi connectivity index (χ0v) is 15.6. The Kier molecular flexibility index (Phi) is 4.93. The van der Waals surface area contributed by atoms with Gasteiger partial charge in [0.2, 0.25) is 11.8 Å². The van der Waals surface area contributed by atoms with Crippen LogP contribution in [0.3, 0.4) is 0 Å². The van der Waals surface area contributed by atoms with Crippen LogP contribution < -0.4 is 10.6 Å². The van der Waals surface area contributed by atoms with Crippen LogP contribution in [0.5, 0.6) is 0 Å². The predicted octanol–water partition coefficient (Wildman–Crippen LogP) is 1.62. The SMILES string of the molecule is CCOC(=O)Nc1c(I)ccc2c1CN(C1CCC(=O)NC1=O)C2=O. The summed E-state index contributed by atoms with van der Waals surface area (Å²) in [5.74, 6) is -1.08. The van der Waals surface area contributed by atoms with Gasteiger partial charge in [0.15, 0.2) is 0 Å². The molecule has 2 heterocycles. The second kappa shape index (κ2) is 6.98. The van der Waals surface area contributed by atoms with Gasteiger partial charge < -0.3 is 9.64 Å². The number of carbonyl (C=O) groups is 4. The van der Waals surface area contributed by atoms with Crippen molar-refractivity contribution in [3.8, 4) is 0 Å². The first kappa shape index (κ1) is 17.6. The van der Waals surface area contributed by atoms with Crippen molar-refractivity contribution in [3.63, 3.8) is 0 Å². The Labute approximate surface area is 157 Å². The number of halogens is 1. The van der Waals surface area contributed by atoms with Crippen molar-refractivity contribution in [2.45, 2.75) is 32.4 Å². The van der Waals surface area contributed by atoms with Crippen molar-refractivity contribution in [1.29, 1.82) is 0 Å². The summed E-state index contributed by atoms with van der Waals surface area (Å²) < 4.78 is 5.67. The van der Waals surface area contributed by atoms with Gasteiger partial charge in [-0.25, -0.2) is 4.79 Å². The lowest BCUT2D eigenvalue weighted by Gasteiger charge is -2.29. The summed E-state index contributed by atoms with van der Waals surface area (Å²) in [4.78, 5) is 49.3. The standard InChI is InChI=1S/C16H16IN3O5/c1-2-25-16(24)19-13-9-7-20(11-5-6-12(21)18-14(11)22)15(23)8(9)3-4-10(13)17/h3-4,11H,2,5-7H2,1H3,(H,19,24)(H,18,21,22). The number of nitrogens with zero attached hydrogens (tertiary/aromatic N) is 1. The summed E-state index contributed by atoms with van der Waals surface area (Å²) in [6.07, 6.45) is -0.106. The highest BCUT2D eigenvalue weighted by molar-refractivity contribution is 14.1. The number of benzene rings is 1.